The van der Waals surface area contributed by atoms with E-state index in [2.05, 4.69) is 20.8 Å². The number of phenolic OH excluding ortho intramolecular Hbond substituents is 2. The van der Waals surface area contributed by atoms with Crippen molar-refractivity contribution in [1.82, 2.24) is 20.5 Å². The van der Waals surface area contributed by atoms with Gasteiger partial charge in [0, 0.05) is 29.5 Å². The average Bonchev–Trinajstić information content (AvgIpc) is 3.43. The molecule has 2 atom stereocenters. The van der Waals surface area contributed by atoms with Crippen molar-refractivity contribution in [3.63, 3.8) is 0 Å². The molecule has 0 spiro atoms. The first-order valence-electron chi connectivity index (χ1n) is 16.2. The number of rotatable bonds is 13. The molecule has 1 saturated carbocycles. The standard InChI is InChI=1S/C32H36ClN7O10S2/c1-31(2,29(48)49)50-38-20(17-13-52-30(34)35-17)25(44)36-21-26(45)39-22(28(46)47)15(12-51-27(21)39)11-40(9-3-4-10-40)14-32(7-8-32)37-24(43)16-5-6-18(41)23(42)19(16)33/h5-6,13,21,27H,3-4,7-12,14H2,1-2H3,(H7-,34,35,36,37,38,41,42,43,44,46,47,48,49)/t21-,27-/m1/s1. The molecule has 1 aliphatic carbocycles. The number of nitrogens with zero attached hydrogens (tertiary/aromatic N) is 4. The molecule has 52 heavy (non-hydrogen) atoms. The SMILES string of the molecule is CC(C)(O/N=C(\C(=O)N[C@@H]1C(=O)N2C(C(=O)[O-])=C(C[N+]3(CC4(NC(=O)c5ccc(O)c(O)c5Cl)CC4)CCCC3)CS[C@H]12)c1csc(N)n1)C(=O)O. The van der Waals surface area contributed by atoms with Gasteiger partial charge in [-0.05, 0) is 38.8 Å². The Labute approximate surface area is 310 Å². The molecule has 7 N–H and O–H groups in total. The van der Waals surface area contributed by atoms with Gasteiger partial charge in [-0.3, -0.25) is 19.3 Å². The summed E-state index contributed by atoms with van der Waals surface area (Å²) < 4.78 is 0.470. The van der Waals surface area contributed by atoms with Crippen LogP contribution in [-0.4, -0.2) is 120 Å². The van der Waals surface area contributed by atoms with Gasteiger partial charge in [-0.2, -0.15) is 0 Å². The van der Waals surface area contributed by atoms with Crippen molar-refractivity contribution in [3.8, 4) is 11.5 Å². The molecule has 4 aliphatic rings. The van der Waals surface area contributed by atoms with Gasteiger partial charge in [0.2, 0.25) is 5.60 Å². The lowest BCUT2D eigenvalue weighted by Crippen LogP contribution is -2.72. The number of aromatic nitrogens is 1. The zero-order chi connectivity index (χ0) is 37.7. The number of phenols is 2. The Kier molecular flexibility index (Phi) is 9.83. The molecule has 2 saturated heterocycles. The van der Waals surface area contributed by atoms with E-state index in [-0.39, 0.29) is 32.9 Å². The molecule has 3 fully saturated rings. The van der Waals surface area contributed by atoms with Gasteiger partial charge in [-0.25, -0.2) is 9.78 Å². The number of β-lactam (4-membered cyclic amide) rings is 1. The van der Waals surface area contributed by atoms with Crippen molar-refractivity contribution in [2.24, 2.45) is 5.16 Å². The van der Waals surface area contributed by atoms with Crippen LogP contribution in [0.5, 0.6) is 11.5 Å². The van der Waals surface area contributed by atoms with Crippen molar-refractivity contribution >= 4 is 75.2 Å². The monoisotopic (exact) mass is 777 g/mol. The molecular weight excluding hydrogens is 742 g/mol. The van der Waals surface area contributed by atoms with Crippen LogP contribution < -0.4 is 21.5 Å². The van der Waals surface area contributed by atoms with Crippen LogP contribution in [0.1, 0.15) is 55.6 Å². The fraction of sp³-hybridized carbons (Fsp3) is 0.469. The number of anilines is 1. The number of nitrogens with two attached hydrogens (primary N) is 1. The number of hydrogen-bond donors (Lipinski definition) is 6. The quantitative estimate of drug-likeness (QED) is 0.0529. The highest BCUT2D eigenvalue weighted by molar-refractivity contribution is 8.00. The molecule has 6 rings (SSSR count). The lowest BCUT2D eigenvalue weighted by Gasteiger charge is -2.51. The number of nitrogens with one attached hydrogen (secondary N) is 2. The third-order valence-electron chi connectivity index (χ3n) is 9.64. The molecule has 3 aliphatic heterocycles. The van der Waals surface area contributed by atoms with Gasteiger partial charge < -0.3 is 50.9 Å². The number of aromatic hydroxyl groups is 2. The minimum atomic E-state index is -1.80. The number of quaternary nitrogens is 1. The second-order valence-electron chi connectivity index (χ2n) is 13.9. The van der Waals surface area contributed by atoms with Gasteiger partial charge in [-0.1, -0.05) is 16.8 Å². The van der Waals surface area contributed by atoms with Gasteiger partial charge >= 0.3 is 5.97 Å². The third-order valence-corrected chi connectivity index (χ3v) is 12.0. The molecule has 17 nitrogen and oxygen atoms in total. The highest BCUT2D eigenvalue weighted by Gasteiger charge is 2.56. The molecule has 3 amide bonds. The third kappa shape index (κ3) is 7.09. The number of amides is 3. The van der Waals surface area contributed by atoms with Crippen LogP contribution in [0.3, 0.4) is 0 Å². The van der Waals surface area contributed by atoms with Gasteiger partial charge in [0.15, 0.2) is 22.3 Å². The normalized spacial score (nSPS) is 21.9. The van der Waals surface area contributed by atoms with Crippen LogP contribution in [0, 0.1) is 0 Å². The van der Waals surface area contributed by atoms with Crippen molar-refractivity contribution in [2.45, 2.75) is 62.1 Å². The Bertz CT molecular complexity index is 1920. The first-order chi connectivity index (χ1) is 24.5. The number of carboxylic acid groups (broad SMARTS) is 2. The van der Waals surface area contributed by atoms with E-state index in [0.29, 0.717) is 49.1 Å². The number of halogens is 1. The van der Waals surface area contributed by atoms with E-state index < -0.39 is 69.4 Å². The molecule has 0 unspecified atom stereocenters. The number of likely N-dealkylation sites (tertiary alicyclic amines) is 1. The van der Waals surface area contributed by atoms with E-state index in [4.69, 9.17) is 22.2 Å². The van der Waals surface area contributed by atoms with Crippen LogP contribution in [0.4, 0.5) is 5.13 Å². The zero-order valence-corrected chi connectivity index (χ0v) is 30.4. The van der Waals surface area contributed by atoms with Crippen molar-refractivity contribution < 1.29 is 53.7 Å². The summed E-state index contributed by atoms with van der Waals surface area (Å²) in [6.07, 6.45) is 3.11. The summed E-state index contributed by atoms with van der Waals surface area (Å²) in [5, 5.41) is 51.7. The Morgan fingerprint density at radius 1 is 1.23 bits per heavy atom. The minimum absolute atomic E-state index is 0.00714. The van der Waals surface area contributed by atoms with Crippen molar-refractivity contribution in [2.75, 3.05) is 37.7 Å². The smallest absolute Gasteiger partial charge is 0.350 e. The number of carbonyl (C=O) groups is 5. The van der Waals surface area contributed by atoms with Crippen LogP contribution >= 0.6 is 34.7 Å². The first-order valence-corrected chi connectivity index (χ1v) is 18.5. The largest absolute Gasteiger partial charge is 0.543 e. The zero-order valence-electron chi connectivity index (χ0n) is 28.0. The van der Waals surface area contributed by atoms with E-state index in [1.165, 1.54) is 43.1 Å². The van der Waals surface area contributed by atoms with E-state index >= 15 is 0 Å². The van der Waals surface area contributed by atoms with Crippen molar-refractivity contribution in [1.29, 1.82) is 0 Å². The number of aliphatic carboxylic acids is 2. The van der Waals surface area contributed by atoms with Crippen molar-refractivity contribution in [3.05, 3.63) is 45.1 Å². The molecule has 0 bridgehead atoms. The molecule has 1 aromatic carbocycles. The summed E-state index contributed by atoms with van der Waals surface area (Å²) in [4.78, 5) is 74.7. The predicted octanol–water partition coefficient (Wildman–Crippen LogP) is 0.351. The van der Waals surface area contributed by atoms with E-state index in [9.17, 15) is 44.4 Å². The predicted molar refractivity (Wildman–Crippen MR) is 186 cm³/mol. The summed E-state index contributed by atoms with van der Waals surface area (Å²) in [6, 6.07) is 1.36. The summed E-state index contributed by atoms with van der Waals surface area (Å²) in [6.45, 7) is 4.68. The number of fused-ring (bicyclic) bond motifs is 1. The molecule has 1 aromatic heterocycles. The fourth-order valence-corrected chi connectivity index (χ4v) is 8.87. The molecule has 278 valence electrons. The summed E-state index contributed by atoms with van der Waals surface area (Å²) in [5.74, 6) is -5.78. The van der Waals surface area contributed by atoms with E-state index in [1.54, 1.807) is 0 Å². The number of hydrogen-bond acceptors (Lipinski definition) is 14. The fourth-order valence-electron chi connectivity index (χ4n) is 6.74. The Morgan fingerprint density at radius 2 is 1.92 bits per heavy atom. The van der Waals surface area contributed by atoms with E-state index in [0.717, 1.165) is 29.1 Å². The van der Waals surface area contributed by atoms with Crippen LogP contribution in [-0.2, 0) is 24.0 Å². The maximum Gasteiger partial charge on any atom is 0.350 e. The van der Waals surface area contributed by atoms with Gasteiger partial charge in [0.1, 0.15) is 30.2 Å². The van der Waals surface area contributed by atoms with Crippen LogP contribution in [0.2, 0.25) is 5.02 Å². The highest BCUT2D eigenvalue weighted by Crippen LogP contribution is 2.44. The number of benzene rings is 1. The van der Waals surface area contributed by atoms with E-state index in [1.807, 2.05) is 0 Å². The second-order valence-corrected chi connectivity index (χ2v) is 16.2. The average molecular weight is 778 g/mol. The Balaban J connectivity index is 1.19. The minimum Gasteiger partial charge on any atom is -0.543 e. The summed E-state index contributed by atoms with van der Waals surface area (Å²) >= 11 is 8.43. The lowest BCUT2D eigenvalue weighted by atomic mass is 10.0. The maximum atomic E-state index is 13.5. The number of carboxylic acids is 2. The number of thiazole rings is 1. The topological polar surface area (TPSA) is 257 Å². The first kappa shape index (κ1) is 37.2. The number of carbonyl (C=O) groups excluding carboxylic acids is 4. The second kappa shape index (κ2) is 13.8. The molecule has 20 heteroatoms. The Hall–Kier alpha value is -4.59. The summed E-state index contributed by atoms with van der Waals surface area (Å²) in [7, 11) is 0. The maximum absolute atomic E-state index is 13.5. The number of thioether (sulfide) groups is 1. The molecule has 0 radical (unpaired) electrons. The highest BCUT2D eigenvalue weighted by atomic mass is 35.5. The van der Waals surface area contributed by atoms with Crippen LogP contribution in [0.15, 0.2) is 33.9 Å². The van der Waals surface area contributed by atoms with Gasteiger partial charge in [0.05, 0.1) is 40.9 Å². The Morgan fingerprint density at radius 3 is 2.52 bits per heavy atom. The summed E-state index contributed by atoms with van der Waals surface area (Å²) in [5.41, 5.74) is 3.16. The lowest BCUT2D eigenvalue weighted by molar-refractivity contribution is -0.914. The van der Waals surface area contributed by atoms with Gasteiger partial charge in [0.25, 0.3) is 17.7 Å². The van der Waals surface area contributed by atoms with Gasteiger partial charge in [-0.15, -0.1) is 23.1 Å². The molecular formula is C32H36ClN7O10S2. The van der Waals surface area contributed by atoms with Crippen LogP contribution in [0.25, 0.3) is 0 Å². The molecule has 2 aromatic rings. The number of nitrogen functional groups attached to an aromatic ring is 1. The molecule has 4 heterocycles. The number of oxime groups is 1.